The van der Waals surface area contributed by atoms with E-state index in [0.717, 1.165) is 17.4 Å². The first kappa shape index (κ1) is 12.0. The van der Waals surface area contributed by atoms with Crippen molar-refractivity contribution >= 4 is 32.5 Å². The first-order valence-electron chi connectivity index (χ1n) is 6.56. The molecule has 0 aliphatic heterocycles. The van der Waals surface area contributed by atoms with Gasteiger partial charge in [0.05, 0.1) is 5.52 Å². The Morgan fingerprint density at radius 2 is 2.06 bits per heavy atom. The van der Waals surface area contributed by atoms with Gasteiger partial charge in [-0.05, 0) is 31.4 Å². The summed E-state index contributed by atoms with van der Waals surface area (Å²) < 4.78 is 0. The summed E-state index contributed by atoms with van der Waals surface area (Å²) in [5.74, 6) is 0. The van der Waals surface area contributed by atoms with Gasteiger partial charge >= 0.3 is 0 Å². The minimum absolute atomic E-state index is 0.716. The van der Waals surface area contributed by atoms with Crippen molar-refractivity contribution in [3.05, 3.63) is 36.5 Å². The first-order valence-corrected chi connectivity index (χ1v) is 7.68. The number of aromatic nitrogens is 1. The molecule has 0 bridgehead atoms. The summed E-state index contributed by atoms with van der Waals surface area (Å²) in [6.07, 6.45) is 5.94. The van der Waals surface area contributed by atoms with Gasteiger partial charge in [0.1, 0.15) is 0 Å². The molecule has 2 nitrogen and oxygen atoms in total. The van der Waals surface area contributed by atoms with Gasteiger partial charge in [0.25, 0.3) is 0 Å². The lowest BCUT2D eigenvalue weighted by atomic mass is 9.91. The summed E-state index contributed by atoms with van der Waals surface area (Å²) >= 11 is 3.58. The van der Waals surface area contributed by atoms with Gasteiger partial charge in [0.2, 0.25) is 0 Å². The fourth-order valence-electron chi connectivity index (χ4n) is 2.62. The van der Waals surface area contributed by atoms with Gasteiger partial charge in [-0.25, -0.2) is 0 Å². The average molecular weight is 305 g/mol. The van der Waals surface area contributed by atoms with Gasteiger partial charge in [-0.15, -0.1) is 0 Å². The summed E-state index contributed by atoms with van der Waals surface area (Å²) in [5.41, 5.74) is 2.43. The Bertz CT molecular complexity index is 532. The van der Waals surface area contributed by atoms with E-state index in [1.54, 1.807) is 0 Å². The van der Waals surface area contributed by atoms with Crippen molar-refractivity contribution < 1.29 is 0 Å². The maximum absolute atomic E-state index is 4.45. The third-order valence-corrected chi connectivity index (χ3v) is 4.13. The monoisotopic (exact) mass is 304 g/mol. The predicted octanol–water partition coefficient (Wildman–Crippen LogP) is 3.99. The van der Waals surface area contributed by atoms with Crippen molar-refractivity contribution in [2.24, 2.45) is 0 Å². The van der Waals surface area contributed by atoms with E-state index in [4.69, 9.17) is 0 Å². The van der Waals surface area contributed by atoms with Gasteiger partial charge in [0.15, 0.2) is 0 Å². The minimum atomic E-state index is 0.716. The van der Waals surface area contributed by atoms with E-state index in [1.807, 2.05) is 6.20 Å². The molecule has 0 spiro atoms. The molecule has 3 rings (SSSR count). The molecule has 0 atom stereocenters. The Balaban J connectivity index is 2.04. The van der Waals surface area contributed by atoms with Crippen LogP contribution >= 0.6 is 15.9 Å². The maximum atomic E-state index is 4.45. The Kier molecular flexibility index (Phi) is 3.50. The van der Waals surface area contributed by atoms with E-state index < -0.39 is 0 Å². The average Bonchev–Trinajstić information content (AvgIpc) is 2.35. The SMILES string of the molecule is BrCCN(c1ccnc2ccccc12)C1CCC1. The summed E-state index contributed by atoms with van der Waals surface area (Å²) in [7, 11) is 0. The highest BCUT2D eigenvalue weighted by Crippen LogP contribution is 2.33. The van der Waals surface area contributed by atoms with E-state index in [1.165, 1.54) is 30.3 Å². The lowest BCUT2D eigenvalue weighted by molar-refractivity contribution is 0.391. The third-order valence-electron chi connectivity index (χ3n) is 3.78. The second-order valence-electron chi connectivity index (χ2n) is 4.81. The van der Waals surface area contributed by atoms with Crippen LogP contribution in [0.1, 0.15) is 19.3 Å². The number of para-hydroxylation sites is 1. The Labute approximate surface area is 116 Å². The number of hydrogen-bond acceptors (Lipinski definition) is 2. The molecule has 1 aromatic heterocycles. The molecule has 1 saturated carbocycles. The van der Waals surface area contributed by atoms with Crippen LogP contribution < -0.4 is 4.90 Å². The maximum Gasteiger partial charge on any atom is 0.0722 e. The molecule has 0 radical (unpaired) electrons. The van der Waals surface area contributed by atoms with E-state index in [-0.39, 0.29) is 0 Å². The van der Waals surface area contributed by atoms with Gasteiger partial charge < -0.3 is 4.90 Å². The molecular weight excluding hydrogens is 288 g/mol. The number of hydrogen-bond donors (Lipinski definition) is 0. The van der Waals surface area contributed by atoms with Crippen molar-refractivity contribution in [1.29, 1.82) is 0 Å². The van der Waals surface area contributed by atoms with Crippen molar-refractivity contribution in [3.63, 3.8) is 0 Å². The van der Waals surface area contributed by atoms with Crippen molar-refractivity contribution in [2.45, 2.75) is 25.3 Å². The number of anilines is 1. The molecule has 1 fully saturated rings. The zero-order valence-corrected chi connectivity index (χ0v) is 11.9. The highest BCUT2D eigenvalue weighted by Gasteiger charge is 2.25. The van der Waals surface area contributed by atoms with E-state index in [9.17, 15) is 0 Å². The fourth-order valence-corrected chi connectivity index (χ4v) is 3.00. The zero-order valence-electron chi connectivity index (χ0n) is 10.3. The molecule has 2 aromatic rings. The quantitative estimate of drug-likeness (QED) is 0.794. The van der Waals surface area contributed by atoms with Gasteiger partial charge in [-0.2, -0.15) is 0 Å². The molecule has 94 valence electrons. The molecule has 0 N–H and O–H groups in total. The third kappa shape index (κ3) is 2.12. The minimum Gasteiger partial charge on any atom is -0.367 e. The molecule has 3 heteroatoms. The van der Waals surface area contributed by atoms with Crippen LogP contribution in [0.4, 0.5) is 5.69 Å². The Morgan fingerprint density at radius 3 is 2.78 bits per heavy atom. The van der Waals surface area contributed by atoms with Crippen LogP contribution in [0.5, 0.6) is 0 Å². The van der Waals surface area contributed by atoms with Crippen LogP contribution in [0, 0.1) is 0 Å². The van der Waals surface area contributed by atoms with Crippen LogP contribution in [-0.2, 0) is 0 Å². The number of nitrogens with zero attached hydrogens (tertiary/aromatic N) is 2. The molecular formula is C15H17BrN2. The molecule has 1 aromatic carbocycles. The molecule has 0 amide bonds. The Morgan fingerprint density at radius 1 is 1.22 bits per heavy atom. The van der Waals surface area contributed by atoms with E-state index >= 15 is 0 Å². The summed E-state index contributed by atoms with van der Waals surface area (Å²) in [4.78, 5) is 6.99. The summed E-state index contributed by atoms with van der Waals surface area (Å²) in [5, 5.41) is 2.29. The second kappa shape index (κ2) is 5.27. The normalized spacial score (nSPS) is 15.6. The van der Waals surface area contributed by atoms with Crippen molar-refractivity contribution in [3.8, 4) is 0 Å². The van der Waals surface area contributed by atoms with Crippen LogP contribution in [-0.4, -0.2) is 22.9 Å². The molecule has 0 saturated heterocycles. The van der Waals surface area contributed by atoms with Crippen LogP contribution in [0.3, 0.4) is 0 Å². The molecule has 18 heavy (non-hydrogen) atoms. The lowest BCUT2D eigenvalue weighted by Crippen LogP contribution is -2.41. The molecule has 1 aliphatic rings. The van der Waals surface area contributed by atoms with Crippen LogP contribution in [0.15, 0.2) is 36.5 Å². The molecule has 1 aliphatic carbocycles. The topological polar surface area (TPSA) is 16.1 Å². The van der Waals surface area contributed by atoms with Crippen molar-refractivity contribution in [2.75, 3.05) is 16.8 Å². The van der Waals surface area contributed by atoms with Crippen LogP contribution in [0.2, 0.25) is 0 Å². The van der Waals surface area contributed by atoms with Gasteiger partial charge in [0, 0.05) is 35.2 Å². The van der Waals surface area contributed by atoms with Gasteiger partial charge in [-0.3, -0.25) is 4.98 Å². The number of halogens is 1. The largest absolute Gasteiger partial charge is 0.367 e. The number of pyridine rings is 1. The van der Waals surface area contributed by atoms with E-state index in [0.29, 0.717) is 6.04 Å². The predicted molar refractivity (Wildman–Crippen MR) is 80.5 cm³/mol. The molecule has 1 heterocycles. The number of fused-ring (bicyclic) bond motifs is 1. The first-order chi connectivity index (χ1) is 8.90. The second-order valence-corrected chi connectivity index (χ2v) is 5.61. The number of alkyl halides is 1. The highest BCUT2D eigenvalue weighted by molar-refractivity contribution is 9.09. The Hall–Kier alpha value is -1.09. The summed E-state index contributed by atoms with van der Waals surface area (Å²) in [6.45, 7) is 1.07. The van der Waals surface area contributed by atoms with Gasteiger partial charge in [-0.1, -0.05) is 34.1 Å². The number of rotatable bonds is 4. The van der Waals surface area contributed by atoms with E-state index in [2.05, 4.69) is 56.1 Å². The van der Waals surface area contributed by atoms with Crippen molar-refractivity contribution in [1.82, 2.24) is 4.98 Å². The smallest absolute Gasteiger partial charge is 0.0722 e. The lowest BCUT2D eigenvalue weighted by Gasteiger charge is -2.39. The zero-order chi connectivity index (χ0) is 12.4. The number of benzene rings is 1. The van der Waals surface area contributed by atoms with Crippen LogP contribution in [0.25, 0.3) is 10.9 Å². The molecule has 0 unspecified atom stereocenters. The summed E-state index contributed by atoms with van der Waals surface area (Å²) in [6, 6.07) is 11.3. The standard InChI is InChI=1S/C15H17BrN2/c16-9-11-18(12-4-3-5-12)15-8-10-17-14-7-2-1-6-13(14)15/h1-2,6-8,10,12H,3-5,9,11H2. The fraction of sp³-hybridized carbons (Fsp3) is 0.400. The highest BCUT2D eigenvalue weighted by atomic mass is 79.9.